The van der Waals surface area contributed by atoms with Gasteiger partial charge in [0.2, 0.25) is 5.91 Å². The van der Waals surface area contributed by atoms with Gasteiger partial charge in [-0.2, -0.15) is 0 Å². The van der Waals surface area contributed by atoms with E-state index in [2.05, 4.69) is 10.6 Å². The van der Waals surface area contributed by atoms with Crippen molar-refractivity contribution in [1.82, 2.24) is 10.6 Å². The molecule has 0 saturated carbocycles. The van der Waals surface area contributed by atoms with Crippen molar-refractivity contribution in [2.24, 2.45) is 5.92 Å². The number of carbonyl (C=O) groups is 2. The van der Waals surface area contributed by atoms with Crippen LogP contribution >= 0.6 is 11.6 Å². The van der Waals surface area contributed by atoms with Crippen molar-refractivity contribution in [3.63, 3.8) is 0 Å². The minimum atomic E-state index is -0.368. The number of hydrogen-bond donors (Lipinski definition) is 3. The molecular formula is C14H19ClN2O3. The van der Waals surface area contributed by atoms with Gasteiger partial charge in [-0.15, -0.1) is 0 Å². The van der Waals surface area contributed by atoms with Crippen molar-refractivity contribution in [3.8, 4) is 0 Å². The summed E-state index contributed by atoms with van der Waals surface area (Å²) in [6.07, 6.45) is 0. The Morgan fingerprint density at radius 2 is 2.05 bits per heavy atom. The molecule has 5 nitrogen and oxygen atoms in total. The predicted molar refractivity (Wildman–Crippen MR) is 77.6 cm³/mol. The zero-order valence-electron chi connectivity index (χ0n) is 11.5. The average molecular weight is 299 g/mol. The molecule has 110 valence electrons. The van der Waals surface area contributed by atoms with Gasteiger partial charge >= 0.3 is 0 Å². The van der Waals surface area contributed by atoms with Crippen molar-refractivity contribution in [3.05, 3.63) is 34.9 Å². The second-order valence-corrected chi connectivity index (χ2v) is 5.23. The summed E-state index contributed by atoms with van der Waals surface area (Å²) in [6, 6.07) is 6.16. The standard InChI is InChI=1S/C14H19ClN2O3/c1-9(2)12(8-18)17-13(19)7-16-14(20)10-4-3-5-11(15)6-10/h3-6,9,12,18H,7-8H2,1-2H3,(H,16,20)(H,17,19)/t12-/m1/s1. The highest BCUT2D eigenvalue weighted by Gasteiger charge is 2.15. The molecule has 1 rings (SSSR count). The van der Waals surface area contributed by atoms with Gasteiger partial charge in [0.15, 0.2) is 0 Å². The summed E-state index contributed by atoms with van der Waals surface area (Å²) in [5, 5.41) is 14.7. The first kappa shape index (κ1) is 16.5. The molecule has 1 aromatic rings. The molecule has 0 aliphatic carbocycles. The van der Waals surface area contributed by atoms with Crippen LogP contribution in [0.3, 0.4) is 0 Å². The fraction of sp³-hybridized carbons (Fsp3) is 0.429. The van der Waals surface area contributed by atoms with Crippen LogP contribution in [0.4, 0.5) is 0 Å². The number of amides is 2. The lowest BCUT2D eigenvalue weighted by Gasteiger charge is -2.19. The van der Waals surface area contributed by atoms with E-state index in [-0.39, 0.29) is 36.9 Å². The van der Waals surface area contributed by atoms with Crippen molar-refractivity contribution >= 4 is 23.4 Å². The van der Waals surface area contributed by atoms with E-state index in [9.17, 15) is 9.59 Å². The lowest BCUT2D eigenvalue weighted by molar-refractivity contribution is -0.121. The molecule has 0 unspecified atom stereocenters. The van der Waals surface area contributed by atoms with Gasteiger partial charge in [0.05, 0.1) is 19.2 Å². The van der Waals surface area contributed by atoms with Crippen molar-refractivity contribution < 1.29 is 14.7 Å². The van der Waals surface area contributed by atoms with Crippen LogP contribution in [0.2, 0.25) is 5.02 Å². The van der Waals surface area contributed by atoms with E-state index in [4.69, 9.17) is 16.7 Å². The van der Waals surface area contributed by atoms with Gasteiger partial charge in [0, 0.05) is 10.6 Å². The van der Waals surface area contributed by atoms with Gasteiger partial charge in [-0.1, -0.05) is 31.5 Å². The van der Waals surface area contributed by atoms with Gasteiger partial charge in [0.25, 0.3) is 5.91 Å². The maximum Gasteiger partial charge on any atom is 0.251 e. The minimum absolute atomic E-state index is 0.118. The number of nitrogens with one attached hydrogen (secondary N) is 2. The Bertz CT molecular complexity index is 477. The molecule has 0 aliphatic rings. The van der Waals surface area contributed by atoms with E-state index in [0.29, 0.717) is 10.6 Å². The van der Waals surface area contributed by atoms with Crippen LogP contribution in [0.1, 0.15) is 24.2 Å². The Kier molecular flexibility index (Phi) is 6.48. The van der Waals surface area contributed by atoms with Crippen LogP contribution in [0.25, 0.3) is 0 Å². The molecule has 1 atom stereocenters. The number of halogens is 1. The van der Waals surface area contributed by atoms with Crippen molar-refractivity contribution in [2.75, 3.05) is 13.2 Å². The van der Waals surface area contributed by atoms with Crippen molar-refractivity contribution in [2.45, 2.75) is 19.9 Å². The molecule has 0 aromatic heterocycles. The average Bonchev–Trinajstić information content (AvgIpc) is 2.41. The molecule has 0 radical (unpaired) electrons. The topological polar surface area (TPSA) is 78.4 Å². The fourth-order valence-corrected chi connectivity index (χ4v) is 1.76. The normalized spacial score (nSPS) is 12.1. The molecule has 0 saturated heterocycles. The molecule has 0 bridgehead atoms. The zero-order valence-corrected chi connectivity index (χ0v) is 12.3. The maximum atomic E-state index is 11.8. The summed E-state index contributed by atoms with van der Waals surface area (Å²) in [7, 11) is 0. The summed E-state index contributed by atoms with van der Waals surface area (Å²) in [6.45, 7) is 3.51. The highest BCUT2D eigenvalue weighted by Crippen LogP contribution is 2.10. The van der Waals surface area contributed by atoms with Crippen LogP contribution in [-0.4, -0.2) is 36.1 Å². The van der Waals surface area contributed by atoms with E-state index in [1.165, 1.54) is 6.07 Å². The smallest absolute Gasteiger partial charge is 0.251 e. The lowest BCUT2D eigenvalue weighted by Crippen LogP contribution is -2.45. The largest absolute Gasteiger partial charge is 0.394 e. The van der Waals surface area contributed by atoms with Crippen molar-refractivity contribution in [1.29, 1.82) is 0 Å². The molecule has 0 aliphatic heterocycles. The highest BCUT2D eigenvalue weighted by molar-refractivity contribution is 6.30. The maximum absolute atomic E-state index is 11.8. The first-order chi connectivity index (χ1) is 9.43. The van der Waals surface area contributed by atoms with Gasteiger partial charge in [-0.25, -0.2) is 0 Å². The number of benzene rings is 1. The Hall–Kier alpha value is -1.59. The molecule has 20 heavy (non-hydrogen) atoms. The van der Waals surface area contributed by atoms with Gasteiger partial charge in [-0.3, -0.25) is 9.59 Å². The molecule has 0 fully saturated rings. The summed E-state index contributed by atoms with van der Waals surface area (Å²) in [5.41, 5.74) is 0.396. The quantitative estimate of drug-likeness (QED) is 0.738. The third kappa shape index (κ3) is 5.19. The van der Waals surface area contributed by atoms with E-state index in [1.807, 2.05) is 13.8 Å². The molecular weight excluding hydrogens is 280 g/mol. The number of aliphatic hydroxyl groups is 1. The van der Waals surface area contributed by atoms with Crippen LogP contribution in [-0.2, 0) is 4.79 Å². The summed E-state index contributed by atoms with van der Waals surface area (Å²) >= 11 is 5.79. The second kappa shape index (κ2) is 7.87. The molecule has 1 aromatic carbocycles. The first-order valence-electron chi connectivity index (χ1n) is 6.38. The minimum Gasteiger partial charge on any atom is -0.394 e. The predicted octanol–water partition coefficient (Wildman–Crippen LogP) is 1.20. The molecule has 2 amide bonds. The lowest BCUT2D eigenvalue weighted by atomic mass is 10.1. The number of hydrogen-bond acceptors (Lipinski definition) is 3. The number of carbonyl (C=O) groups excluding carboxylic acids is 2. The Morgan fingerprint density at radius 1 is 1.35 bits per heavy atom. The Balaban J connectivity index is 2.47. The van der Waals surface area contributed by atoms with E-state index in [0.717, 1.165) is 0 Å². The Labute approximate surface area is 123 Å². The van der Waals surface area contributed by atoms with E-state index < -0.39 is 0 Å². The summed E-state index contributed by atoms with van der Waals surface area (Å²) in [5.74, 6) is -0.589. The van der Waals surface area contributed by atoms with Gasteiger partial charge < -0.3 is 15.7 Å². The molecule has 0 spiro atoms. The fourth-order valence-electron chi connectivity index (χ4n) is 1.57. The van der Waals surface area contributed by atoms with Crippen LogP contribution in [0, 0.1) is 5.92 Å². The summed E-state index contributed by atoms with van der Waals surface area (Å²) in [4.78, 5) is 23.4. The molecule has 3 N–H and O–H groups in total. The Morgan fingerprint density at radius 3 is 2.60 bits per heavy atom. The zero-order chi connectivity index (χ0) is 15.1. The summed E-state index contributed by atoms with van der Waals surface area (Å²) < 4.78 is 0. The monoisotopic (exact) mass is 298 g/mol. The van der Waals surface area contributed by atoms with E-state index >= 15 is 0 Å². The third-order valence-corrected chi connectivity index (χ3v) is 3.08. The second-order valence-electron chi connectivity index (χ2n) is 4.79. The number of rotatable bonds is 6. The highest BCUT2D eigenvalue weighted by atomic mass is 35.5. The first-order valence-corrected chi connectivity index (χ1v) is 6.75. The van der Waals surface area contributed by atoms with E-state index in [1.54, 1.807) is 18.2 Å². The van der Waals surface area contributed by atoms with Crippen LogP contribution in [0.5, 0.6) is 0 Å². The van der Waals surface area contributed by atoms with Crippen LogP contribution < -0.4 is 10.6 Å². The van der Waals surface area contributed by atoms with Gasteiger partial charge in [0.1, 0.15) is 0 Å². The third-order valence-electron chi connectivity index (χ3n) is 2.84. The molecule has 0 heterocycles. The van der Waals surface area contributed by atoms with Crippen LogP contribution in [0.15, 0.2) is 24.3 Å². The number of aliphatic hydroxyl groups excluding tert-OH is 1. The SMILES string of the molecule is CC(C)[C@@H](CO)NC(=O)CNC(=O)c1cccc(Cl)c1. The molecule has 6 heteroatoms. The van der Waals surface area contributed by atoms with Gasteiger partial charge in [-0.05, 0) is 24.1 Å².